The van der Waals surface area contributed by atoms with Crippen LogP contribution in [0.3, 0.4) is 0 Å². The second-order valence-corrected chi connectivity index (χ2v) is 2.97. The maximum atomic E-state index is 9.15. The van der Waals surface area contributed by atoms with E-state index >= 15 is 0 Å². The molecule has 0 spiro atoms. The highest BCUT2D eigenvalue weighted by atomic mass is 16.6. The molecule has 1 saturated heterocycles. The van der Waals surface area contributed by atoms with Gasteiger partial charge < -0.3 is 9.84 Å². The summed E-state index contributed by atoms with van der Waals surface area (Å²) in [5.74, 6) is 0. The average Bonchev–Trinajstić information content (AvgIpc) is 2.12. The van der Waals surface area contributed by atoms with Gasteiger partial charge in [0.15, 0.2) is 0 Å². The molecule has 0 aromatic carbocycles. The quantitative estimate of drug-likeness (QED) is 0.534. The molecule has 0 aliphatic carbocycles. The second-order valence-electron chi connectivity index (χ2n) is 2.97. The van der Waals surface area contributed by atoms with Crippen molar-refractivity contribution in [1.82, 2.24) is 0 Å². The Morgan fingerprint density at radius 2 is 2.25 bits per heavy atom. The summed E-state index contributed by atoms with van der Waals surface area (Å²) in [5.41, 5.74) is -0.541. The van der Waals surface area contributed by atoms with Crippen LogP contribution < -0.4 is 0 Å². The summed E-state index contributed by atoms with van der Waals surface area (Å²) in [5, 5.41) is 9.15. The monoisotopic (exact) mass is 116 g/mol. The lowest BCUT2D eigenvalue weighted by Crippen LogP contribution is -2.20. The number of rotatable bonds is 2. The molecular weight excluding hydrogens is 104 g/mol. The fourth-order valence-electron chi connectivity index (χ4n) is 0.743. The summed E-state index contributed by atoms with van der Waals surface area (Å²) in [4.78, 5) is 0. The molecule has 2 heteroatoms. The van der Waals surface area contributed by atoms with Crippen LogP contribution >= 0.6 is 0 Å². The molecule has 2 nitrogen and oxygen atoms in total. The lowest BCUT2D eigenvalue weighted by atomic mass is 10.0. The Balaban J connectivity index is 2.16. The van der Waals surface area contributed by atoms with Crippen LogP contribution in [-0.4, -0.2) is 23.4 Å². The van der Waals surface area contributed by atoms with Crippen molar-refractivity contribution in [3.8, 4) is 0 Å². The van der Waals surface area contributed by atoms with Gasteiger partial charge in [0.1, 0.15) is 0 Å². The third-order valence-corrected chi connectivity index (χ3v) is 1.13. The molecule has 0 radical (unpaired) electrons. The van der Waals surface area contributed by atoms with E-state index in [1.807, 2.05) is 0 Å². The topological polar surface area (TPSA) is 32.8 Å². The fraction of sp³-hybridized carbons (Fsp3) is 1.00. The summed E-state index contributed by atoms with van der Waals surface area (Å²) < 4.78 is 4.92. The van der Waals surface area contributed by atoms with Crippen molar-refractivity contribution in [2.45, 2.75) is 32.0 Å². The zero-order valence-electron chi connectivity index (χ0n) is 5.35. The van der Waals surface area contributed by atoms with Crippen molar-refractivity contribution in [2.24, 2.45) is 0 Å². The van der Waals surface area contributed by atoms with Gasteiger partial charge in [-0.05, 0) is 13.8 Å². The van der Waals surface area contributed by atoms with E-state index in [1.165, 1.54) is 0 Å². The highest BCUT2D eigenvalue weighted by Crippen LogP contribution is 2.21. The molecule has 0 aromatic heterocycles. The van der Waals surface area contributed by atoms with Gasteiger partial charge in [-0.1, -0.05) is 0 Å². The van der Waals surface area contributed by atoms with Gasteiger partial charge in [0.05, 0.1) is 18.3 Å². The normalized spacial score (nSPS) is 28.1. The first kappa shape index (κ1) is 6.05. The van der Waals surface area contributed by atoms with Crippen molar-refractivity contribution >= 4 is 0 Å². The van der Waals surface area contributed by atoms with Gasteiger partial charge in [0, 0.05) is 6.42 Å². The molecule has 1 aliphatic heterocycles. The van der Waals surface area contributed by atoms with Crippen LogP contribution in [0.4, 0.5) is 0 Å². The summed E-state index contributed by atoms with van der Waals surface area (Å²) in [6.45, 7) is 4.44. The molecule has 0 aromatic rings. The average molecular weight is 116 g/mol. The summed E-state index contributed by atoms with van der Waals surface area (Å²) in [6, 6.07) is 0. The van der Waals surface area contributed by atoms with Gasteiger partial charge in [0.2, 0.25) is 0 Å². The van der Waals surface area contributed by atoms with Crippen molar-refractivity contribution in [3.63, 3.8) is 0 Å². The molecule has 0 saturated carbocycles. The van der Waals surface area contributed by atoms with Gasteiger partial charge in [-0.2, -0.15) is 0 Å². The standard InChI is InChI=1S/C6H12O2/c1-6(2,7)3-5-4-8-5/h5,7H,3-4H2,1-2H3/t5-/m0/s1. The molecule has 1 rings (SSSR count). The molecule has 0 amide bonds. The predicted molar refractivity (Wildman–Crippen MR) is 30.7 cm³/mol. The van der Waals surface area contributed by atoms with Crippen molar-refractivity contribution in [1.29, 1.82) is 0 Å². The smallest absolute Gasteiger partial charge is 0.0837 e. The molecule has 1 heterocycles. The molecule has 1 fully saturated rings. The Hall–Kier alpha value is -0.0800. The lowest BCUT2D eigenvalue weighted by molar-refractivity contribution is 0.0624. The van der Waals surface area contributed by atoms with Crippen molar-refractivity contribution < 1.29 is 9.84 Å². The summed E-state index contributed by atoms with van der Waals surface area (Å²) in [6.07, 6.45) is 1.11. The van der Waals surface area contributed by atoms with Gasteiger partial charge in [-0.25, -0.2) is 0 Å². The molecule has 0 unspecified atom stereocenters. The predicted octanol–water partition coefficient (Wildman–Crippen LogP) is 0.546. The van der Waals surface area contributed by atoms with E-state index in [0.29, 0.717) is 6.10 Å². The van der Waals surface area contributed by atoms with Gasteiger partial charge in [-0.3, -0.25) is 0 Å². The van der Waals surface area contributed by atoms with E-state index in [-0.39, 0.29) is 0 Å². The maximum absolute atomic E-state index is 9.15. The lowest BCUT2D eigenvalue weighted by Gasteiger charge is -2.13. The second kappa shape index (κ2) is 1.71. The van der Waals surface area contributed by atoms with Crippen LogP contribution in [0.2, 0.25) is 0 Å². The fourth-order valence-corrected chi connectivity index (χ4v) is 0.743. The zero-order valence-corrected chi connectivity index (χ0v) is 5.35. The minimum Gasteiger partial charge on any atom is -0.390 e. The highest BCUT2D eigenvalue weighted by Gasteiger charge is 2.29. The van der Waals surface area contributed by atoms with Crippen LogP contribution in [0, 0.1) is 0 Å². The van der Waals surface area contributed by atoms with Crippen LogP contribution in [0.25, 0.3) is 0 Å². The van der Waals surface area contributed by atoms with E-state index in [9.17, 15) is 0 Å². The molecule has 48 valence electrons. The number of hydrogen-bond donors (Lipinski definition) is 1. The van der Waals surface area contributed by atoms with Gasteiger partial charge in [0.25, 0.3) is 0 Å². The third-order valence-electron chi connectivity index (χ3n) is 1.13. The molecule has 8 heavy (non-hydrogen) atoms. The number of epoxide rings is 1. The largest absolute Gasteiger partial charge is 0.390 e. The van der Waals surface area contributed by atoms with Crippen LogP contribution in [0.5, 0.6) is 0 Å². The van der Waals surface area contributed by atoms with E-state index < -0.39 is 5.60 Å². The van der Waals surface area contributed by atoms with E-state index in [0.717, 1.165) is 13.0 Å². The van der Waals surface area contributed by atoms with Crippen molar-refractivity contribution in [3.05, 3.63) is 0 Å². The van der Waals surface area contributed by atoms with E-state index in [1.54, 1.807) is 13.8 Å². The first-order valence-electron chi connectivity index (χ1n) is 2.92. The Bertz CT molecular complexity index is 79.0. The van der Waals surface area contributed by atoms with Gasteiger partial charge in [-0.15, -0.1) is 0 Å². The maximum Gasteiger partial charge on any atom is 0.0837 e. The zero-order chi connectivity index (χ0) is 6.20. The first-order chi connectivity index (χ1) is 3.58. The van der Waals surface area contributed by atoms with Crippen LogP contribution in [0.1, 0.15) is 20.3 Å². The highest BCUT2D eigenvalue weighted by molar-refractivity contribution is 4.78. The molecular formula is C6H12O2. The number of ether oxygens (including phenoxy) is 1. The minimum atomic E-state index is -0.541. The molecule has 1 atom stereocenters. The molecule has 1 N–H and O–H groups in total. The SMILES string of the molecule is CC(C)(O)C[C@H]1CO1. The molecule has 0 bridgehead atoms. The van der Waals surface area contributed by atoms with Crippen molar-refractivity contribution in [2.75, 3.05) is 6.61 Å². The summed E-state index contributed by atoms with van der Waals surface area (Å²) >= 11 is 0. The Morgan fingerprint density at radius 1 is 1.75 bits per heavy atom. The van der Waals surface area contributed by atoms with Crippen LogP contribution in [-0.2, 0) is 4.74 Å². The number of hydrogen-bond acceptors (Lipinski definition) is 2. The first-order valence-corrected chi connectivity index (χ1v) is 2.92. The Kier molecular flexibility index (Phi) is 1.29. The van der Waals surface area contributed by atoms with E-state index in [2.05, 4.69) is 0 Å². The summed E-state index contributed by atoms with van der Waals surface area (Å²) in [7, 11) is 0. The Morgan fingerprint density at radius 3 is 2.38 bits per heavy atom. The third kappa shape index (κ3) is 2.28. The minimum absolute atomic E-state index is 0.343. The van der Waals surface area contributed by atoms with Gasteiger partial charge >= 0.3 is 0 Å². The Labute approximate surface area is 49.5 Å². The number of aliphatic hydroxyl groups is 1. The van der Waals surface area contributed by atoms with Crippen LogP contribution in [0.15, 0.2) is 0 Å². The van der Waals surface area contributed by atoms with E-state index in [4.69, 9.17) is 9.84 Å². The molecule has 1 aliphatic rings.